The molecular formula is C12H12BrClN2. The Kier molecular flexibility index (Phi) is 4.02. The summed E-state index contributed by atoms with van der Waals surface area (Å²) in [6.45, 7) is 0.920. The van der Waals surface area contributed by atoms with E-state index in [0.29, 0.717) is 5.88 Å². The Balaban J connectivity index is 1.99. The van der Waals surface area contributed by atoms with Gasteiger partial charge in [0.05, 0.1) is 17.9 Å². The molecule has 4 heteroatoms. The monoisotopic (exact) mass is 298 g/mol. The third-order valence-corrected chi connectivity index (χ3v) is 3.29. The van der Waals surface area contributed by atoms with Gasteiger partial charge in [-0.2, -0.15) is 0 Å². The van der Waals surface area contributed by atoms with Crippen LogP contribution in [0.1, 0.15) is 11.3 Å². The molecular weight excluding hydrogens is 288 g/mol. The van der Waals surface area contributed by atoms with Crippen LogP contribution in [0.5, 0.6) is 0 Å². The van der Waals surface area contributed by atoms with Gasteiger partial charge in [-0.05, 0) is 24.1 Å². The zero-order chi connectivity index (χ0) is 11.4. The van der Waals surface area contributed by atoms with Crippen molar-refractivity contribution in [3.8, 4) is 0 Å². The summed E-state index contributed by atoms with van der Waals surface area (Å²) in [5.41, 5.74) is 2.39. The minimum atomic E-state index is 0.514. The SMILES string of the molecule is ClCc1cncn1CCc1ccc(Br)cc1. The van der Waals surface area contributed by atoms with Crippen LogP contribution in [0, 0.1) is 0 Å². The highest BCUT2D eigenvalue weighted by Gasteiger charge is 2.00. The summed E-state index contributed by atoms with van der Waals surface area (Å²) in [7, 11) is 0. The number of halogens is 2. The van der Waals surface area contributed by atoms with Crippen LogP contribution in [-0.2, 0) is 18.8 Å². The van der Waals surface area contributed by atoms with Crippen LogP contribution in [-0.4, -0.2) is 9.55 Å². The number of rotatable bonds is 4. The average Bonchev–Trinajstić information content (AvgIpc) is 2.76. The lowest BCUT2D eigenvalue weighted by molar-refractivity contribution is 0.674. The first-order chi connectivity index (χ1) is 7.79. The molecule has 0 radical (unpaired) electrons. The van der Waals surface area contributed by atoms with Crippen molar-refractivity contribution in [2.45, 2.75) is 18.8 Å². The Morgan fingerprint density at radius 3 is 2.69 bits per heavy atom. The van der Waals surface area contributed by atoms with Gasteiger partial charge in [0.15, 0.2) is 0 Å². The molecule has 1 aromatic carbocycles. The van der Waals surface area contributed by atoms with Crippen LogP contribution in [0.25, 0.3) is 0 Å². The summed E-state index contributed by atoms with van der Waals surface area (Å²) in [5.74, 6) is 0.514. The maximum absolute atomic E-state index is 5.81. The van der Waals surface area contributed by atoms with Gasteiger partial charge in [0.1, 0.15) is 0 Å². The summed E-state index contributed by atoms with van der Waals surface area (Å²) in [6.07, 6.45) is 4.64. The van der Waals surface area contributed by atoms with Crippen molar-refractivity contribution in [1.29, 1.82) is 0 Å². The van der Waals surface area contributed by atoms with Gasteiger partial charge in [0, 0.05) is 17.2 Å². The molecule has 0 aliphatic rings. The summed E-state index contributed by atoms with van der Waals surface area (Å²) in [5, 5.41) is 0. The fourth-order valence-electron chi connectivity index (χ4n) is 1.56. The van der Waals surface area contributed by atoms with E-state index in [9.17, 15) is 0 Å². The molecule has 0 spiro atoms. The summed E-state index contributed by atoms with van der Waals surface area (Å²) >= 11 is 9.23. The predicted molar refractivity (Wildman–Crippen MR) is 69.6 cm³/mol. The molecule has 16 heavy (non-hydrogen) atoms. The molecule has 0 N–H and O–H groups in total. The number of hydrogen-bond donors (Lipinski definition) is 0. The van der Waals surface area contributed by atoms with Gasteiger partial charge >= 0.3 is 0 Å². The predicted octanol–water partition coefficient (Wildman–Crippen LogP) is 3.63. The number of benzene rings is 1. The lowest BCUT2D eigenvalue weighted by atomic mass is 10.1. The molecule has 1 heterocycles. The first-order valence-electron chi connectivity index (χ1n) is 5.09. The Morgan fingerprint density at radius 1 is 1.25 bits per heavy atom. The highest BCUT2D eigenvalue weighted by atomic mass is 79.9. The second-order valence-corrected chi connectivity index (χ2v) is 4.77. The number of nitrogens with zero attached hydrogens (tertiary/aromatic N) is 2. The van der Waals surface area contributed by atoms with Crippen molar-refractivity contribution < 1.29 is 0 Å². The fraction of sp³-hybridized carbons (Fsp3) is 0.250. The van der Waals surface area contributed by atoms with Gasteiger partial charge in [-0.25, -0.2) is 4.98 Å². The average molecular weight is 300 g/mol. The molecule has 0 atom stereocenters. The van der Waals surface area contributed by atoms with Crippen LogP contribution < -0.4 is 0 Å². The van der Waals surface area contributed by atoms with E-state index in [1.54, 1.807) is 0 Å². The highest BCUT2D eigenvalue weighted by Crippen LogP contribution is 2.12. The standard InChI is InChI=1S/C12H12BrClN2/c13-11-3-1-10(2-4-11)5-6-16-9-15-8-12(16)7-14/h1-4,8-9H,5-7H2. The Labute approximate surface area is 108 Å². The number of aryl methyl sites for hydroxylation is 2. The van der Waals surface area contributed by atoms with E-state index in [4.69, 9.17) is 11.6 Å². The normalized spacial score (nSPS) is 10.6. The zero-order valence-corrected chi connectivity index (χ0v) is 11.1. The number of aromatic nitrogens is 2. The Bertz CT molecular complexity index is 450. The van der Waals surface area contributed by atoms with E-state index in [-0.39, 0.29) is 0 Å². The Morgan fingerprint density at radius 2 is 2.00 bits per heavy atom. The molecule has 2 aromatic rings. The van der Waals surface area contributed by atoms with Gasteiger partial charge in [-0.15, -0.1) is 11.6 Å². The smallest absolute Gasteiger partial charge is 0.0948 e. The fourth-order valence-corrected chi connectivity index (χ4v) is 2.05. The molecule has 0 saturated carbocycles. The second-order valence-electron chi connectivity index (χ2n) is 3.59. The second kappa shape index (κ2) is 5.51. The van der Waals surface area contributed by atoms with Gasteiger partial charge < -0.3 is 4.57 Å². The van der Waals surface area contributed by atoms with E-state index >= 15 is 0 Å². The van der Waals surface area contributed by atoms with E-state index in [1.807, 2.05) is 12.5 Å². The number of imidazole rings is 1. The molecule has 0 bridgehead atoms. The first-order valence-corrected chi connectivity index (χ1v) is 6.42. The highest BCUT2D eigenvalue weighted by molar-refractivity contribution is 9.10. The summed E-state index contributed by atoms with van der Waals surface area (Å²) in [6, 6.07) is 8.38. The maximum Gasteiger partial charge on any atom is 0.0948 e. The van der Waals surface area contributed by atoms with E-state index in [0.717, 1.165) is 23.1 Å². The van der Waals surface area contributed by atoms with Crippen LogP contribution in [0.3, 0.4) is 0 Å². The van der Waals surface area contributed by atoms with Crippen molar-refractivity contribution in [1.82, 2.24) is 9.55 Å². The van der Waals surface area contributed by atoms with Crippen molar-refractivity contribution in [2.75, 3.05) is 0 Å². The molecule has 0 aliphatic heterocycles. The summed E-state index contributed by atoms with van der Waals surface area (Å²) in [4.78, 5) is 4.09. The van der Waals surface area contributed by atoms with Crippen molar-refractivity contribution >= 4 is 27.5 Å². The lowest BCUT2D eigenvalue weighted by Gasteiger charge is -2.06. The topological polar surface area (TPSA) is 17.8 Å². The zero-order valence-electron chi connectivity index (χ0n) is 8.74. The van der Waals surface area contributed by atoms with Gasteiger partial charge in [0.2, 0.25) is 0 Å². The quantitative estimate of drug-likeness (QED) is 0.788. The molecule has 2 rings (SSSR count). The third-order valence-electron chi connectivity index (χ3n) is 2.49. The third kappa shape index (κ3) is 2.86. The molecule has 0 fully saturated rings. The van der Waals surface area contributed by atoms with Gasteiger partial charge in [-0.1, -0.05) is 28.1 Å². The molecule has 0 unspecified atom stereocenters. The van der Waals surface area contributed by atoms with E-state index in [1.165, 1.54) is 5.56 Å². The minimum Gasteiger partial charge on any atom is -0.333 e. The largest absolute Gasteiger partial charge is 0.333 e. The van der Waals surface area contributed by atoms with Crippen molar-refractivity contribution in [2.24, 2.45) is 0 Å². The lowest BCUT2D eigenvalue weighted by Crippen LogP contribution is -2.03. The molecule has 1 aromatic heterocycles. The molecule has 2 nitrogen and oxygen atoms in total. The maximum atomic E-state index is 5.81. The molecule has 84 valence electrons. The van der Waals surface area contributed by atoms with Gasteiger partial charge in [-0.3, -0.25) is 0 Å². The number of alkyl halides is 1. The number of hydrogen-bond acceptors (Lipinski definition) is 1. The van der Waals surface area contributed by atoms with Gasteiger partial charge in [0.25, 0.3) is 0 Å². The van der Waals surface area contributed by atoms with E-state index < -0.39 is 0 Å². The first kappa shape index (κ1) is 11.7. The summed E-state index contributed by atoms with van der Waals surface area (Å²) < 4.78 is 3.20. The van der Waals surface area contributed by atoms with Crippen LogP contribution in [0.4, 0.5) is 0 Å². The Hall–Kier alpha value is -0.800. The van der Waals surface area contributed by atoms with Crippen LogP contribution in [0.15, 0.2) is 41.3 Å². The van der Waals surface area contributed by atoms with Crippen LogP contribution >= 0.6 is 27.5 Å². The molecule has 0 amide bonds. The van der Waals surface area contributed by atoms with Crippen molar-refractivity contribution in [3.63, 3.8) is 0 Å². The van der Waals surface area contributed by atoms with Crippen LogP contribution in [0.2, 0.25) is 0 Å². The minimum absolute atomic E-state index is 0.514. The van der Waals surface area contributed by atoms with Crippen molar-refractivity contribution in [3.05, 3.63) is 52.5 Å². The molecule has 0 aliphatic carbocycles. The molecule has 0 saturated heterocycles. The van der Waals surface area contributed by atoms with E-state index in [2.05, 4.69) is 49.7 Å².